The molecule has 0 saturated carbocycles. The fraction of sp³-hybridized carbons (Fsp3) is 0.875. The summed E-state index contributed by atoms with van der Waals surface area (Å²) in [7, 11) is 3.85. The Kier molecular flexibility index (Phi) is 5.85. The third-order valence-electron chi connectivity index (χ3n) is 4.53. The van der Waals surface area contributed by atoms with Gasteiger partial charge in [-0.3, -0.25) is 0 Å². The molecule has 2 atom stereocenters. The molecule has 0 spiro atoms. The standard InChI is InChI=1S/C16H28N4O3/c1-19(2)16-17-15(23-18-16)13-6-5-8-20(12-13)9-11-22-14-7-3-4-10-21-14/h13-14H,3-12H2,1-2H3. The van der Waals surface area contributed by atoms with Gasteiger partial charge < -0.3 is 23.8 Å². The summed E-state index contributed by atoms with van der Waals surface area (Å²) < 4.78 is 16.9. The molecule has 3 rings (SSSR count). The van der Waals surface area contributed by atoms with E-state index in [0.29, 0.717) is 11.9 Å². The topological polar surface area (TPSA) is 63.9 Å². The highest BCUT2D eigenvalue weighted by molar-refractivity contribution is 5.24. The zero-order valence-corrected chi connectivity index (χ0v) is 14.2. The second-order valence-corrected chi connectivity index (χ2v) is 6.63. The van der Waals surface area contributed by atoms with Crippen molar-refractivity contribution in [1.29, 1.82) is 0 Å². The lowest BCUT2D eigenvalue weighted by Gasteiger charge is -2.31. The van der Waals surface area contributed by atoms with Crippen LogP contribution in [-0.4, -0.2) is 68.3 Å². The third-order valence-corrected chi connectivity index (χ3v) is 4.53. The molecule has 0 N–H and O–H groups in total. The Bertz CT molecular complexity index is 474. The molecular weight excluding hydrogens is 296 g/mol. The Morgan fingerprint density at radius 1 is 1.26 bits per heavy atom. The number of nitrogens with zero attached hydrogens (tertiary/aromatic N) is 4. The quantitative estimate of drug-likeness (QED) is 0.791. The second-order valence-electron chi connectivity index (χ2n) is 6.63. The third kappa shape index (κ3) is 4.65. The first-order valence-electron chi connectivity index (χ1n) is 8.69. The van der Waals surface area contributed by atoms with Gasteiger partial charge >= 0.3 is 0 Å². The number of aromatic nitrogens is 2. The van der Waals surface area contributed by atoms with Crippen molar-refractivity contribution in [3.05, 3.63) is 5.89 Å². The molecule has 3 heterocycles. The summed E-state index contributed by atoms with van der Waals surface area (Å²) in [6, 6.07) is 0. The number of likely N-dealkylation sites (tertiary alicyclic amines) is 1. The molecule has 1 aromatic heterocycles. The van der Waals surface area contributed by atoms with E-state index in [1.165, 1.54) is 6.42 Å². The molecule has 0 amide bonds. The van der Waals surface area contributed by atoms with Gasteiger partial charge in [0.15, 0.2) is 6.29 Å². The summed E-state index contributed by atoms with van der Waals surface area (Å²) in [5.41, 5.74) is 0. The summed E-state index contributed by atoms with van der Waals surface area (Å²) in [6.45, 7) is 4.57. The van der Waals surface area contributed by atoms with E-state index in [-0.39, 0.29) is 6.29 Å². The Hall–Kier alpha value is -1.18. The van der Waals surface area contributed by atoms with E-state index in [4.69, 9.17) is 14.0 Å². The molecule has 7 nitrogen and oxygen atoms in total. The molecule has 2 aliphatic rings. The summed E-state index contributed by atoms with van der Waals surface area (Å²) >= 11 is 0. The van der Waals surface area contributed by atoms with Crippen LogP contribution in [-0.2, 0) is 9.47 Å². The normalized spacial score (nSPS) is 26.3. The number of ether oxygens (including phenoxy) is 2. The second kappa shape index (κ2) is 8.08. The predicted octanol–water partition coefficient (Wildman–Crippen LogP) is 1.86. The molecule has 0 bridgehead atoms. The van der Waals surface area contributed by atoms with Crippen LogP contribution in [0, 0.1) is 0 Å². The minimum Gasteiger partial charge on any atom is -0.353 e. The summed E-state index contributed by atoms with van der Waals surface area (Å²) in [4.78, 5) is 8.79. The first-order chi connectivity index (χ1) is 11.2. The molecule has 0 aromatic carbocycles. The smallest absolute Gasteiger partial charge is 0.265 e. The lowest BCUT2D eigenvalue weighted by molar-refractivity contribution is -0.164. The largest absolute Gasteiger partial charge is 0.353 e. The maximum Gasteiger partial charge on any atom is 0.265 e. The van der Waals surface area contributed by atoms with Crippen LogP contribution in [0.2, 0.25) is 0 Å². The maximum absolute atomic E-state index is 5.84. The van der Waals surface area contributed by atoms with Gasteiger partial charge in [0.2, 0.25) is 5.89 Å². The zero-order chi connectivity index (χ0) is 16.1. The highest BCUT2D eigenvalue weighted by atomic mass is 16.7. The van der Waals surface area contributed by atoms with E-state index in [2.05, 4.69) is 15.0 Å². The first kappa shape index (κ1) is 16.7. The van der Waals surface area contributed by atoms with E-state index in [9.17, 15) is 0 Å². The monoisotopic (exact) mass is 324 g/mol. The van der Waals surface area contributed by atoms with E-state index in [1.807, 2.05) is 19.0 Å². The van der Waals surface area contributed by atoms with Crippen molar-refractivity contribution in [1.82, 2.24) is 15.0 Å². The highest BCUT2D eigenvalue weighted by Gasteiger charge is 2.26. The van der Waals surface area contributed by atoms with E-state index >= 15 is 0 Å². The average molecular weight is 324 g/mol. The lowest BCUT2D eigenvalue weighted by Crippen LogP contribution is -2.37. The summed E-state index contributed by atoms with van der Waals surface area (Å²) in [5.74, 6) is 1.74. The molecule has 0 radical (unpaired) electrons. The molecule has 7 heteroatoms. The zero-order valence-electron chi connectivity index (χ0n) is 14.2. The van der Waals surface area contributed by atoms with Crippen molar-refractivity contribution in [2.24, 2.45) is 0 Å². The van der Waals surface area contributed by atoms with Gasteiger partial charge in [-0.25, -0.2) is 0 Å². The van der Waals surface area contributed by atoms with E-state index in [1.54, 1.807) is 0 Å². The van der Waals surface area contributed by atoms with Crippen molar-refractivity contribution < 1.29 is 14.0 Å². The van der Waals surface area contributed by atoms with Crippen molar-refractivity contribution >= 4 is 5.95 Å². The van der Waals surface area contributed by atoms with Crippen LogP contribution >= 0.6 is 0 Å². The molecule has 23 heavy (non-hydrogen) atoms. The molecule has 130 valence electrons. The van der Waals surface area contributed by atoms with Crippen LogP contribution < -0.4 is 4.90 Å². The minimum atomic E-state index is 0.00271. The van der Waals surface area contributed by atoms with Crippen LogP contribution in [0.15, 0.2) is 4.52 Å². The van der Waals surface area contributed by atoms with Crippen LogP contribution in [0.4, 0.5) is 5.95 Å². The lowest BCUT2D eigenvalue weighted by atomic mass is 9.98. The highest BCUT2D eigenvalue weighted by Crippen LogP contribution is 2.26. The average Bonchev–Trinajstić information content (AvgIpc) is 3.07. The first-order valence-corrected chi connectivity index (χ1v) is 8.69. The van der Waals surface area contributed by atoms with Gasteiger partial charge in [-0.05, 0) is 43.8 Å². The van der Waals surface area contributed by atoms with E-state index < -0.39 is 0 Å². The summed E-state index contributed by atoms with van der Waals surface area (Å²) in [6.07, 6.45) is 5.66. The fourth-order valence-electron chi connectivity index (χ4n) is 3.19. The minimum absolute atomic E-state index is 0.00271. The number of rotatable bonds is 6. The molecule has 1 aromatic rings. The van der Waals surface area contributed by atoms with Crippen LogP contribution in [0.3, 0.4) is 0 Å². The summed E-state index contributed by atoms with van der Waals surface area (Å²) in [5, 5.41) is 4.02. The van der Waals surface area contributed by atoms with Crippen molar-refractivity contribution in [2.75, 3.05) is 51.8 Å². The van der Waals surface area contributed by atoms with Gasteiger partial charge in [-0.2, -0.15) is 4.98 Å². The maximum atomic E-state index is 5.84. The Morgan fingerprint density at radius 3 is 2.91 bits per heavy atom. The van der Waals surface area contributed by atoms with Gasteiger partial charge in [0, 0.05) is 33.8 Å². The SMILES string of the molecule is CN(C)c1noc(C2CCCN(CCOC3CCCCO3)C2)n1. The predicted molar refractivity (Wildman–Crippen MR) is 86.6 cm³/mol. The van der Waals surface area contributed by atoms with Gasteiger partial charge in [-0.1, -0.05) is 0 Å². The van der Waals surface area contributed by atoms with Crippen LogP contribution in [0.25, 0.3) is 0 Å². The van der Waals surface area contributed by atoms with Crippen molar-refractivity contribution in [3.63, 3.8) is 0 Å². The number of hydrogen-bond donors (Lipinski definition) is 0. The number of anilines is 1. The number of piperidine rings is 1. The van der Waals surface area contributed by atoms with Crippen molar-refractivity contribution in [2.45, 2.75) is 44.3 Å². The Balaban J connectivity index is 1.44. The van der Waals surface area contributed by atoms with Gasteiger partial charge in [0.1, 0.15) is 0 Å². The van der Waals surface area contributed by atoms with Crippen LogP contribution in [0.1, 0.15) is 43.9 Å². The fourth-order valence-corrected chi connectivity index (χ4v) is 3.19. The van der Waals surface area contributed by atoms with Gasteiger partial charge in [0.25, 0.3) is 5.95 Å². The van der Waals surface area contributed by atoms with Crippen molar-refractivity contribution in [3.8, 4) is 0 Å². The number of hydrogen-bond acceptors (Lipinski definition) is 7. The molecule has 2 fully saturated rings. The Labute approximate surface area is 137 Å². The molecular formula is C16H28N4O3. The molecule has 2 aliphatic heterocycles. The van der Waals surface area contributed by atoms with E-state index in [0.717, 1.165) is 64.4 Å². The Morgan fingerprint density at radius 2 is 2.17 bits per heavy atom. The van der Waals surface area contributed by atoms with Crippen LogP contribution in [0.5, 0.6) is 0 Å². The molecule has 0 aliphatic carbocycles. The molecule has 2 unspecified atom stereocenters. The van der Waals surface area contributed by atoms with Gasteiger partial charge in [-0.15, -0.1) is 0 Å². The molecule has 2 saturated heterocycles. The van der Waals surface area contributed by atoms with Gasteiger partial charge in [0.05, 0.1) is 12.5 Å².